The van der Waals surface area contributed by atoms with Crippen molar-refractivity contribution in [3.63, 3.8) is 0 Å². The fourth-order valence-electron chi connectivity index (χ4n) is 2.65. The third-order valence-corrected chi connectivity index (χ3v) is 5.65. The molecule has 0 radical (unpaired) electrons. The Bertz CT molecular complexity index is 238. The molecule has 0 saturated carbocycles. The van der Waals surface area contributed by atoms with E-state index >= 15 is 0 Å². The van der Waals surface area contributed by atoms with E-state index in [0.29, 0.717) is 6.04 Å². The molecule has 0 aliphatic carbocycles. The summed E-state index contributed by atoms with van der Waals surface area (Å²) in [6, 6.07) is 0.684. The van der Waals surface area contributed by atoms with Gasteiger partial charge in [-0.15, -0.1) is 0 Å². The Morgan fingerprint density at radius 1 is 1.41 bits per heavy atom. The Kier molecular flexibility index (Phi) is 4.79. The number of thioether (sulfide) groups is 1. The molecule has 3 unspecified atom stereocenters. The Labute approximate surface area is 110 Å². The van der Waals surface area contributed by atoms with Crippen molar-refractivity contribution in [2.24, 2.45) is 11.8 Å². The molecular weight excluding hydrogens is 230 g/mol. The van der Waals surface area contributed by atoms with Gasteiger partial charge in [-0.05, 0) is 43.4 Å². The summed E-state index contributed by atoms with van der Waals surface area (Å²) in [5.74, 6) is 4.05. The third-order valence-electron chi connectivity index (χ3n) is 4.43. The molecule has 2 fully saturated rings. The molecule has 1 spiro atoms. The van der Waals surface area contributed by atoms with Crippen LogP contribution in [0.5, 0.6) is 0 Å². The molecule has 0 amide bonds. The molecule has 0 aromatic carbocycles. The Morgan fingerprint density at radius 2 is 2.24 bits per heavy atom. The minimum absolute atomic E-state index is 0.224. The Hall–Kier alpha value is 0.270. The van der Waals surface area contributed by atoms with Gasteiger partial charge in [-0.1, -0.05) is 20.8 Å². The number of rotatable bonds is 4. The van der Waals surface area contributed by atoms with Gasteiger partial charge in [-0.3, -0.25) is 0 Å². The van der Waals surface area contributed by atoms with Crippen LogP contribution in [0.2, 0.25) is 0 Å². The number of hydrogen-bond acceptors (Lipinski definition) is 3. The summed E-state index contributed by atoms with van der Waals surface area (Å²) in [4.78, 5) is 0. The van der Waals surface area contributed by atoms with Gasteiger partial charge in [-0.2, -0.15) is 11.8 Å². The smallest absolute Gasteiger partial charge is 0.0795 e. The minimum atomic E-state index is 0.224. The molecule has 17 heavy (non-hydrogen) atoms. The Morgan fingerprint density at radius 3 is 2.88 bits per heavy atom. The molecule has 0 aromatic heterocycles. The summed E-state index contributed by atoms with van der Waals surface area (Å²) in [6.07, 6.45) is 3.68. The maximum Gasteiger partial charge on any atom is 0.0795 e. The molecule has 2 aliphatic rings. The molecule has 100 valence electrons. The summed E-state index contributed by atoms with van der Waals surface area (Å²) in [5.41, 5.74) is 0.224. The second-order valence-corrected chi connectivity index (χ2v) is 7.26. The first-order chi connectivity index (χ1) is 8.11. The van der Waals surface area contributed by atoms with Crippen LogP contribution in [0.1, 0.15) is 40.0 Å². The summed E-state index contributed by atoms with van der Waals surface area (Å²) in [6.45, 7) is 9.08. The van der Waals surface area contributed by atoms with Gasteiger partial charge in [0.25, 0.3) is 0 Å². The molecule has 2 nitrogen and oxygen atoms in total. The van der Waals surface area contributed by atoms with Crippen LogP contribution in [-0.2, 0) is 4.74 Å². The van der Waals surface area contributed by atoms with E-state index in [2.05, 4.69) is 37.8 Å². The lowest BCUT2D eigenvalue weighted by Crippen LogP contribution is -2.48. The molecule has 2 aliphatic heterocycles. The zero-order valence-corrected chi connectivity index (χ0v) is 12.3. The van der Waals surface area contributed by atoms with E-state index in [1.807, 2.05) is 0 Å². The predicted octanol–water partition coefficient (Wildman–Crippen LogP) is 2.92. The van der Waals surface area contributed by atoms with Crippen molar-refractivity contribution in [3.05, 3.63) is 0 Å². The van der Waals surface area contributed by atoms with Crippen LogP contribution in [0, 0.1) is 11.8 Å². The number of hydrogen-bond donors (Lipinski definition) is 1. The topological polar surface area (TPSA) is 21.3 Å². The van der Waals surface area contributed by atoms with E-state index in [1.165, 1.54) is 30.8 Å². The zero-order valence-electron chi connectivity index (χ0n) is 11.5. The van der Waals surface area contributed by atoms with Crippen molar-refractivity contribution in [1.82, 2.24) is 5.32 Å². The molecule has 2 rings (SSSR count). The maximum absolute atomic E-state index is 6.05. The lowest BCUT2D eigenvalue weighted by atomic mass is 9.89. The number of nitrogens with one attached hydrogen (secondary N) is 1. The fourth-order valence-corrected chi connectivity index (χ4v) is 4.03. The average Bonchev–Trinajstić information content (AvgIpc) is 2.74. The molecule has 3 heteroatoms. The number of ether oxygens (including phenoxy) is 1. The van der Waals surface area contributed by atoms with Crippen LogP contribution in [0.25, 0.3) is 0 Å². The van der Waals surface area contributed by atoms with Gasteiger partial charge in [0.15, 0.2) is 0 Å². The van der Waals surface area contributed by atoms with Gasteiger partial charge in [0.2, 0.25) is 0 Å². The normalized spacial score (nSPS) is 35.6. The summed E-state index contributed by atoms with van der Waals surface area (Å²) >= 11 is 2.06. The van der Waals surface area contributed by atoms with Crippen LogP contribution in [0.4, 0.5) is 0 Å². The van der Waals surface area contributed by atoms with Crippen molar-refractivity contribution in [2.75, 3.05) is 24.7 Å². The van der Waals surface area contributed by atoms with E-state index in [-0.39, 0.29) is 5.60 Å². The highest BCUT2D eigenvalue weighted by Gasteiger charge is 2.40. The second kappa shape index (κ2) is 5.94. The summed E-state index contributed by atoms with van der Waals surface area (Å²) in [5, 5.41) is 3.76. The first-order valence-electron chi connectivity index (χ1n) is 7.06. The highest BCUT2D eigenvalue weighted by atomic mass is 32.2. The van der Waals surface area contributed by atoms with Crippen LogP contribution < -0.4 is 5.32 Å². The van der Waals surface area contributed by atoms with E-state index in [9.17, 15) is 0 Å². The largest absolute Gasteiger partial charge is 0.374 e. The first-order valence-corrected chi connectivity index (χ1v) is 8.22. The molecular formula is C14H27NOS. The van der Waals surface area contributed by atoms with Crippen molar-refractivity contribution < 1.29 is 4.74 Å². The molecule has 0 bridgehead atoms. The van der Waals surface area contributed by atoms with E-state index in [0.717, 1.165) is 25.0 Å². The third kappa shape index (κ3) is 3.62. The fraction of sp³-hybridized carbons (Fsp3) is 1.00. The van der Waals surface area contributed by atoms with Crippen LogP contribution in [-0.4, -0.2) is 36.3 Å². The monoisotopic (exact) mass is 257 g/mol. The van der Waals surface area contributed by atoms with Crippen molar-refractivity contribution in [1.29, 1.82) is 0 Å². The Balaban J connectivity index is 1.77. The molecule has 2 saturated heterocycles. The van der Waals surface area contributed by atoms with E-state index in [4.69, 9.17) is 4.74 Å². The standard InChI is InChI=1S/C14H27NOS/c1-11(2)12(3)9-15-13-4-6-16-14(8-13)5-7-17-10-14/h11-13,15H,4-10H2,1-3H3. The highest BCUT2D eigenvalue weighted by molar-refractivity contribution is 7.99. The average molecular weight is 257 g/mol. The van der Waals surface area contributed by atoms with Gasteiger partial charge >= 0.3 is 0 Å². The summed E-state index contributed by atoms with van der Waals surface area (Å²) < 4.78 is 6.05. The molecule has 1 N–H and O–H groups in total. The van der Waals surface area contributed by atoms with Gasteiger partial charge in [0, 0.05) is 18.4 Å². The zero-order chi connectivity index (χ0) is 12.3. The highest BCUT2D eigenvalue weighted by Crippen LogP contribution is 2.38. The molecule has 3 atom stereocenters. The van der Waals surface area contributed by atoms with Crippen molar-refractivity contribution >= 4 is 11.8 Å². The molecule has 0 aromatic rings. The lowest BCUT2D eigenvalue weighted by molar-refractivity contribution is -0.0704. The van der Waals surface area contributed by atoms with Crippen molar-refractivity contribution in [3.8, 4) is 0 Å². The van der Waals surface area contributed by atoms with Gasteiger partial charge in [0.1, 0.15) is 0 Å². The summed E-state index contributed by atoms with van der Waals surface area (Å²) in [7, 11) is 0. The van der Waals surface area contributed by atoms with Gasteiger partial charge < -0.3 is 10.1 Å². The SMILES string of the molecule is CC(C)C(C)CNC1CCOC2(CCSC2)C1. The minimum Gasteiger partial charge on any atom is -0.374 e. The van der Waals surface area contributed by atoms with E-state index < -0.39 is 0 Å². The predicted molar refractivity (Wildman–Crippen MR) is 75.7 cm³/mol. The van der Waals surface area contributed by atoms with Crippen LogP contribution in [0.3, 0.4) is 0 Å². The lowest BCUT2D eigenvalue weighted by Gasteiger charge is -2.38. The van der Waals surface area contributed by atoms with Crippen LogP contribution in [0.15, 0.2) is 0 Å². The quantitative estimate of drug-likeness (QED) is 0.837. The second-order valence-electron chi connectivity index (χ2n) is 6.15. The maximum atomic E-state index is 6.05. The van der Waals surface area contributed by atoms with Gasteiger partial charge in [-0.25, -0.2) is 0 Å². The first kappa shape index (κ1) is 13.7. The molecule has 2 heterocycles. The van der Waals surface area contributed by atoms with E-state index in [1.54, 1.807) is 0 Å². The van der Waals surface area contributed by atoms with Crippen molar-refractivity contribution in [2.45, 2.75) is 51.7 Å². The van der Waals surface area contributed by atoms with Gasteiger partial charge in [0.05, 0.1) is 5.60 Å². The van der Waals surface area contributed by atoms with Crippen LogP contribution >= 0.6 is 11.8 Å².